The highest BCUT2D eigenvalue weighted by Gasteiger charge is 2.05. The molecule has 0 spiro atoms. The molecule has 0 aromatic heterocycles. The number of carbonyl (C=O) groups is 1. The Labute approximate surface area is 151 Å². The van der Waals surface area contributed by atoms with Gasteiger partial charge in [-0.2, -0.15) is 5.10 Å². The van der Waals surface area contributed by atoms with E-state index in [0.29, 0.717) is 6.42 Å². The fourth-order valence-corrected chi connectivity index (χ4v) is 3.15. The Kier molecular flexibility index (Phi) is 6.15. The number of benzene rings is 2. The van der Waals surface area contributed by atoms with E-state index >= 15 is 0 Å². The summed E-state index contributed by atoms with van der Waals surface area (Å²) in [4.78, 5) is 14.0. The monoisotopic (exact) mass is 387 g/mol. The van der Waals surface area contributed by atoms with Gasteiger partial charge in [-0.1, -0.05) is 29.8 Å². The lowest BCUT2D eigenvalue weighted by molar-refractivity contribution is -0.120. The largest absolute Gasteiger partial charge is 0.377 e. The van der Waals surface area contributed by atoms with Crippen molar-refractivity contribution in [3.8, 4) is 0 Å². The van der Waals surface area contributed by atoms with E-state index in [1.165, 1.54) is 5.56 Å². The molecule has 0 radical (unpaired) electrons. The lowest BCUT2D eigenvalue weighted by Gasteiger charge is -2.14. The fraction of sp³-hybridized carbons (Fsp3) is 0.263. The first-order valence-electron chi connectivity index (χ1n) is 7.71. The number of nitrogens with one attached hydrogen (secondary N) is 1. The standard InChI is InChI=1S/C19H22BrN3O/c1-13-5-7-16(14(2)9-13)11-19(24)22-21-12-15-6-8-18(23(3)4)17(20)10-15/h5-10,12H,11H2,1-4H3,(H,22,24)/b21-12-. The molecule has 4 nitrogen and oxygen atoms in total. The fourth-order valence-electron chi connectivity index (χ4n) is 2.40. The van der Waals surface area contributed by atoms with Crippen molar-refractivity contribution in [1.29, 1.82) is 0 Å². The van der Waals surface area contributed by atoms with Crippen molar-refractivity contribution in [2.24, 2.45) is 5.10 Å². The van der Waals surface area contributed by atoms with Gasteiger partial charge in [0.05, 0.1) is 18.3 Å². The van der Waals surface area contributed by atoms with Crippen LogP contribution in [0.5, 0.6) is 0 Å². The van der Waals surface area contributed by atoms with Crippen LogP contribution in [0.25, 0.3) is 0 Å². The molecule has 0 saturated heterocycles. The highest BCUT2D eigenvalue weighted by molar-refractivity contribution is 9.10. The van der Waals surface area contributed by atoms with E-state index in [1.807, 2.05) is 63.2 Å². The van der Waals surface area contributed by atoms with E-state index in [0.717, 1.165) is 26.9 Å². The minimum atomic E-state index is -0.123. The van der Waals surface area contributed by atoms with E-state index in [4.69, 9.17) is 0 Å². The summed E-state index contributed by atoms with van der Waals surface area (Å²) in [5.74, 6) is -0.123. The Balaban J connectivity index is 1.96. The predicted octanol–water partition coefficient (Wildman–Crippen LogP) is 3.82. The zero-order chi connectivity index (χ0) is 17.7. The Morgan fingerprint density at radius 2 is 1.96 bits per heavy atom. The van der Waals surface area contributed by atoms with Crippen molar-refractivity contribution in [3.05, 3.63) is 63.1 Å². The third-order valence-electron chi connectivity index (χ3n) is 3.71. The van der Waals surface area contributed by atoms with Crippen LogP contribution in [0.15, 0.2) is 46.0 Å². The summed E-state index contributed by atoms with van der Waals surface area (Å²) >= 11 is 3.54. The number of rotatable bonds is 5. The minimum Gasteiger partial charge on any atom is -0.377 e. The van der Waals surface area contributed by atoms with Crippen LogP contribution in [-0.2, 0) is 11.2 Å². The molecule has 0 saturated carbocycles. The van der Waals surface area contributed by atoms with Gasteiger partial charge in [0.2, 0.25) is 5.91 Å². The Bertz CT molecular complexity index is 769. The highest BCUT2D eigenvalue weighted by Crippen LogP contribution is 2.25. The van der Waals surface area contributed by atoms with E-state index in [-0.39, 0.29) is 5.91 Å². The molecular formula is C19H22BrN3O. The van der Waals surface area contributed by atoms with Gasteiger partial charge in [0.1, 0.15) is 0 Å². The summed E-state index contributed by atoms with van der Waals surface area (Å²) in [5, 5.41) is 4.04. The molecule has 126 valence electrons. The number of aryl methyl sites for hydroxylation is 2. The second-order valence-electron chi connectivity index (χ2n) is 6.01. The van der Waals surface area contributed by atoms with E-state index in [9.17, 15) is 4.79 Å². The Morgan fingerprint density at radius 3 is 2.58 bits per heavy atom. The molecule has 0 unspecified atom stereocenters. The van der Waals surface area contributed by atoms with Crippen LogP contribution in [0.1, 0.15) is 22.3 Å². The molecule has 5 heteroatoms. The normalized spacial score (nSPS) is 10.9. The summed E-state index contributed by atoms with van der Waals surface area (Å²) in [6.45, 7) is 4.06. The molecule has 2 aromatic carbocycles. The van der Waals surface area contributed by atoms with Crippen LogP contribution >= 0.6 is 15.9 Å². The van der Waals surface area contributed by atoms with Gasteiger partial charge in [0, 0.05) is 18.6 Å². The van der Waals surface area contributed by atoms with Gasteiger partial charge in [-0.15, -0.1) is 0 Å². The first-order valence-corrected chi connectivity index (χ1v) is 8.51. The van der Waals surface area contributed by atoms with Crippen LogP contribution in [0.4, 0.5) is 5.69 Å². The molecule has 0 aliphatic rings. The predicted molar refractivity (Wildman–Crippen MR) is 104 cm³/mol. The Morgan fingerprint density at radius 1 is 1.21 bits per heavy atom. The number of carbonyl (C=O) groups excluding carboxylic acids is 1. The second-order valence-corrected chi connectivity index (χ2v) is 6.86. The SMILES string of the molecule is Cc1ccc(CC(=O)N/N=C\c2ccc(N(C)C)c(Br)c2)c(C)c1. The summed E-state index contributed by atoms with van der Waals surface area (Å²) in [7, 11) is 3.97. The molecule has 2 rings (SSSR count). The molecular weight excluding hydrogens is 366 g/mol. The van der Waals surface area contributed by atoms with Gasteiger partial charge in [-0.05, 0) is 58.6 Å². The van der Waals surface area contributed by atoms with Crippen molar-refractivity contribution in [1.82, 2.24) is 5.43 Å². The number of hydrogen-bond donors (Lipinski definition) is 1. The zero-order valence-corrected chi connectivity index (χ0v) is 16.0. The first kappa shape index (κ1) is 18.2. The number of amides is 1. The summed E-state index contributed by atoms with van der Waals surface area (Å²) in [6, 6.07) is 12.0. The molecule has 0 bridgehead atoms. The summed E-state index contributed by atoms with van der Waals surface area (Å²) in [5.41, 5.74) is 7.93. The molecule has 0 fully saturated rings. The van der Waals surface area contributed by atoms with Crippen LogP contribution in [0, 0.1) is 13.8 Å². The molecule has 1 amide bonds. The number of hydrazone groups is 1. The molecule has 0 aliphatic carbocycles. The third kappa shape index (κ3) is 4.93. The molecule has 0 atom stereocenters. The maximum atomic E-state index is 12.0. The van der Waals surface area contributed by atoms with Crippen molar-refractivity contribution in [2.45, 2.75) is 20.3 Å². The quantitative estimate of drug-likeness (QED) is 0.625. The molecule has 24 heavy (non-hydrogen) atoms. The van der Waals surface area contributed by atoms with E-state index in [2.05, 4.69) is 32.5 Å². The topological polar surface area (TPSA) is 44.7 Å². The summed E-state index contributed by atoms with van der Waals surface area (Å²) in [6.07, 6.45) is 1.97. The molecule has 1 N–H and O–H groups in total. The number of anilines is 1. The van der Waals surface area contributed by atoms with E-state index < -0.39 is 0 Å². The van der Waals surface area contributed by atoms with Gasteiger partial charge in [-0.3, -0.25) is 4.79 Å². The number of hydrogen-bond acceptors (Lipinski definition) is 3. The highest BCUT2D eigenvalue weighted by atomic mass is 79.9. The average Bonchev–Trinajstić information content (AvgIpc) is 2.50. The zero-order valence-electron chi connectivity index (χ0n) is 14.4. The minimum absolute atomic E-state index is 0.123. The maximum absolute atomic E-state index is 12.0. The second kappa shape index (κ2) is 8.11. The van der Waals surface area contributed by atoms with Gasteiger partial charge in [-0.25, -0.2) is 5.43 Å². The van der Waals surface area contributed by atoms with Crippen molar-refractivity contribution in [2.75, 3.05) is 19.0 Å². The smallest absolute Gasteiger partial charge is 0.244 e. The van der Waals surface area contributed by atoms with Crippen LogP contribution in [0.3, 0.4) is 0 Å². The maximum Gasteiger partial charge on any atom is 0.244 e. The van der Waals surface area contributed by atoms with Gasteiger partial charge in [0.25, 0.3) is 0 Å². The third-order valence-corrected chi connectivity index (χ3v) is 4.34. The number of nitrogens with zero attached hydrogens (tertiary/aromatic N) is 2. The van der Waals surface area contributed by atoms with Crippen LogP contribution < -0.4 is 10.3 Å². The molecule has 2 aromatic rings. The molecule has 0 aliphatic heterocycles. The van der Waals surface area contributed by atoms with Gasteiger partial charge in [0.15, 0.2) is 0 Å². The average molecular weight is 388 g/mol. The lowest BCUT2D eigenvalue weighted by Crippen LogP contribution is -2.20. The number of halogens is 1. The summed E-state index contributed by atoms with van der Waals surface area (Å²) < 4.78 is 0.984. The molecule has 0 heterocycles. The van der Waals surface area contributed by atoms with Gasteiger partial charge >= 0.3 is 0 Å². The Hall–Kier alpha value is -2.14. The van der Waals surface area contributed by atoms with Crippen molar-refractivity contribution in [3.63, 3.8) is 0 Å². The van der Waals surface area contributed by atoms with E-state index in [1.54, 1.807) is 6.21 Å². The van der Waals surface area contributed by atoms with Crippen molar-refractivity contribution < 1.29 is 4.79 Å². The van der Waals surface area contributed by atoms with Crippen LogP contribution in [0.2, 0.25) is 0 Å². The first-order chi connectivity index (χ1) is 11.4. The van der Waals surface area contributed by atoms with Crippen LogP contribution in [-0.4, -0.2) is 26.2 Å². The van der Waals surface area contributed by atoms with Gasteiger partial charge < -0.3 is 4.90 Å². The van der Waals surface area contributed by atoms with Crippen molar-refractivity contribution >= 4 is 33.7 Å². The lowest BCUT2D eigenvalue weighted by atomic mass is 10.0.